The monoisotopic (exact) mass is 187 g/mol. The Kier molecular flexibility index (Phi) is 2.05. The van der Waals surface area contributed by atoms with Crippen LogP contribution in [0.2, 0.25) is 0 Å². The van der Waals surface area contributed by atoms with Crippen molar-refractivity contribution in [1.29, 1.82) is 5.26 Å². The summed E-state index contributed by atoms with van der Waals surface area (Å²) in [5.41, 5.74) is 9.64. The molecule has 0 unspecified atom stereocenters. The summed E-state index contributed by atoms with van der Waals surface area (Å²) in [5.74, 6) is 0.493. The van der Waals surface area contributed by atoms with Crippen LogP contribution in [-0.2, 0) is 0 Å². The second-order valence-corrected chi connectivity index (χ2v) is 3.65. The summed E-state index contributed by atoms with van der Waals surface area (Å²) in [4.78, 5) is 3.09. The van der Waals surface area contributed by atoms with Crippen LogP contribution in [0.4, 0.5) is 5.82 Å². The first-order chi connectivity index (χ1) is 6.74. The number of rotatable bonds is 1. The summed E-state index contributed by atoms with van der Waals surface area (Å²) in [7, 11) is 0. The Morgan fingerprint density at radius 3 is 2.86 bits per heavy atom. The van der Waals surface area contributed by atoms with Gasteiger partial charge in [0.2, 0.25) is 0 Å². The lowest BCUT2D eigenvalue weighted by Gasteiger charge is -1.99. The Hall–Kier alpha value is -1.69. The van der Waals surface area contributed by atoms with E-state index >= 15 is 0 Å². The van der Waals surface area contributed by atoms with Gasteiger partial charge >= 0.3 is 0 Å². The third kappa shape index (κ3) is 1.20. The minimum atomic E-state index is 0.493. The van der Waals surface area contributed by atoms with E-state index in [-0.39, 0.29) is 0 Å². The van der Waals surface area contributed by atoms with Crippen LogP contribution in [0, 0.1) is 18.3 Å². The van der Waals surface area contributed by atoms with E-state index in [9.17, 15) is 0 Å². The van der Waals surface area contributed by atoms with Gasteiger partial charge in [0.05, 0.1) is 5.56 Å². The maximum absolute atomic E-state index is 8.89. The van der Waals surface area contributed by atoms with Gasteiger partial charge in [-0.25, -0.2) is 0 Å². The van der Waals surface area contributed by atoms with Gasteiger partial charge in [0.1, 0.15) is 11.9 Å². The lowest BCUT2D eigenvalue weighted by Crippen LogP contribution is -1.87. The fraction of sp³-hybridized carbons (Fsp3) is 0.364. The van der Waals surface area contributed by atoms with Crippen LogP contribution in [0.1, 0.15) is 36.1 Å². The molecule has 0 aromatic carbocycles. The molecule has 14 heavy (non-hydrogen) atoms. The summed E-state index contributed by atoms with van der Waals surface area (Å²) in [5, 5.41) is 8.89. The Balaban J connectivity index is 2.50. The summed E-state index contributed by atoms with van der Waals surface area (Å²) >= 11 is 0. The molecule has 0 aliphatic heterocycles. The van der Waals surface area contributed by atoms with Gasteiger partial charge in [-0.1, -0.05) is 6.08 Å². The predicted molar refractivity (Wildman–Crippen MR) is 56.5 cm³/mol. The largest absolute Gasteiger partial charge is 0.384 e. The first kappa shape index (κ1) is 8.89. The highest BCUT2D eigenvalue weighted by atomic mass is 14.9. The third-order valence-corrected chi connectivity index (χ3v) is 2.75. The van der Waals surface area contributed by atoms with Gasteiger partial charge in [0, 0.05) is 5.69 Å². The Morgan fingerprint density at radius 2 is 2.36 bits per heavy atom. The molecule has 1 aromatic heterocycles. The van der Waals surface area contributed by atoms with Gasteiger partial charge in [-0.3, -0.25) is 0 Å². The number of nitriles is 1. The summed E-state index contributed by atoms with van der Waals surface area (Å²) in [6, 6.07) is 2.12. The van der Waals surface area contributed by atoms with Gasteiger partial charge in [0.25, 0.3) is 0 Å². The Labute approximate surface area is 83.2 Å². The van der Waals surface area contributed by atoms with Crippen LogP contribution >= 0.6 is 0 Å². The van der Waals surface area contributed by atoms with E-state index in [2.05, 4.69) is 17.1 Å². The molecule has 3 heteroatoms. The number of aromatic nitrogens is 1. The zero-order valence-electron chi connectivity index (χ0n) is 8.22. The smallest absolute Gasteiger partial charge is 0.119 e. The van der Waals surface area contributed by atoms with Gasteiger partial charge in [-0.15, -0.1) is 0 Å². The molecule has 72 valence electrons. The first-order valence-corrected chi connectivity index (χ1v) is 4.81. The van der Waals surface area contributed by atoms with E-state index in [4.69, 9.17) is 11.0 Å². The Bertz CT molecular complexity index is 432. The van der Waals surface area contributed by atoms with Crippen molar-refractivity contribution in [1.82, 2.24) is 4.98 Å². The molecule has 0 amide bonds. The molecule has 1 aliphatic carbocycles. The average molecular weight is 187 g/mol. The van der Waals surface area contributed by atoms with E-state index in [1.54, 1.807) is 0 Å². The highest BCUT2D eigenvalue weighted by Crippen LogP contribution is 2.32. The molecular formula is C11H13N3. The van der Waals surface area contributed by atoms with Crippen molar-refractivity contribution in [3.8, 4) is 6.07 Å². The zero-order valence-corrected chi connectivity index (χ0v) is 8.22. The van der Waals surface area contributed by atoms with Gasteiger partial charge in [-0.05, 0) is 37.3 Å². The van der Waals surface area contributed by atoms with Crippen LogP contribution in [0.3, 0.4) is 0 Å². The SMILES string of the molecule is Cc1c(C2=CCCC2)[nH]c(N)c1C#N. The highest BCUT2D eigenvalue weighted by molar-refractivity contribution is 5.73. The first-order valence-electron chi connectivity index (χ1n) is 4.81. The van der Waals surface area contributed by atoms with Crippen LogP contribution in [0.25, 0.3) is 5.57 Å². The number of nitrogens with zero attached hydrogens (tertiary/aromatic N) is 1. The number of nitrogens with two attached hydrogens (primary N) is 1. The van der Waals surface area contributed by atoms with Crippen LogP contribution in [-0.4, -0.2) is 4.98 Å². The molecule has 0 fully saturated rings. The molecule has 0 bridgehead atoms. The maximum Gasteiger partial charge on any atom is 0.119 e. The molecule has 1 heterocycles. The molecule has 3 N–H and O–H groups in total. The number of hydrogen-bond donors (Lipinski definition) is 2. The molecule has 0 atom stereocenters. The number of nitrogen functional groups attached to an aromatic ring is 1. The average Bonchev–Trinajstić information content (AvgIpc) is 2.74. The number of H-pyrrole nitrogens is 1. The van der Waals surface area contributed by atoms with Crippen LogP contribution in [0.5, 0.6) is 0 Å². The van der Waals surface area contributed by atoms with Gasteiger partial charge in [-0.2, -0.15) is 5.26 Å². The minimum absolute atomic E-state index is 0.493. The van der Waals surface area contributed by atoms with Crippen molar-refractivity contribution >= 4 is 11.4 Å². The number of aromatic amines is 1. The van der Waals surface area contributed by atoms with E-state index in [0.29, 0.717) is 11.4 Å². The lowest BCUT2D eigenvalue weighted by molar-refractivity contribution is 0.933. The number of hydrogen-bond acceptors (Lipinski definition) is 2. The number of anilines is 1. The molecule has 0 saturated heterocycles. The summed E-state index contributed by atoms with van der Waals surface area (Å²) in [6.45, 7) is 1.94. The maximum atomic E-state index is 8.89. The van der Waals surface area contributed by atoms with Gasteiger partial charge in [0.15, 0.2) is 0 Å². The summed E-state index contributed by atoms with van der Waals surface area (Å²) in [6.07, 6.45) is 5.65. The molecule has 1 aromatic rings. The van der Waals surface area contributed by atoms with E-state index < -0.39 is 0 Å². The van der Waals surface area contributed by atoms with E-state index in [0.717, 1.165) is 24.1 Å². The Morgan fingerprint density at radius 1 is 1.57 bits per heavy atom. The molecular weight excluding hydrogens is 174 g/mol. The third-order valence-electron chi connectivity index (χ3n) is 2.75. The van der Waals surface area contributed by atoms with E-state index in [1.807, 2.05) is 6.92 Å². The number of allylic oxidation sites excluding steroid dienone is 2. The highest BCUT2D eigenvalue weighted by Gasteiger charge is 2.16. The lowest BCUT2D eigenvalue weighted by atomic mass is 10.1. The quantitative estimate of drug-likeness (QED) is 0.708. The fourth-order valence-electron chi connectivity index (χ4n) is 1.98. The van der Waals surface area contributed by atoms with Gasteiger partial charge < -0.3 is 10.7 Å². The molecule has 0 spiro atoms. The van der Waals surface area contributed by atoms with Crippen molar-refractivity contribution in [2.45, 2.75) is 26.2 Å². The van der Waals surface area contributed by atoms with Crippen molar-refractivity contribution in [3.05, 3.63) is 22.9 Å². The zero-order chi connectivity index (χ0) is 10.1. The fourth-order valence-corrected chi connectivity index (χ4v) is 1.98. The second-order valence-electron chi connectivity index (χ2n) is 3.65. The standard InChI is InChI=1S/C11H13N3/c1-7-9(6-12)11(13)14-10(7)8-4-2-3-5-8/h4,14H,2-3,5,13H2,1H3. The van der Waals surface area contributed by atoms with E-state index in [1.165, 1.54) is 12.0 Å². The van der Waals surface area contributed by atoms with Crippen LogP contribution < -0.4 is 5.73 Å². The molecule has 3 nitrogen and oxygen atoms in total. The molecule has 0 saturated carbocycles. The van der Waals surface area contributed by atoms with Crippen molar-refractivity contribution in [2.24, 2.45) is 0 Å². The molecule has 0 radical (unpaired) electrons. The van der Waals surface area contributed by atoms with Crippen LogP contribution in [0.15, 0.2) is 6.08 Å². The minimum Gasteiger partial charge on any atom is -0.384 e. The van der Waals surface area contributed by atoms with Crippen molar-refractivity contribution < 1.29 is 0 Å². The van der Waals surface area contributed by atoms with Crippen molar-refractivity contribution in [2.75, 3.05) is 5.73 Å². The second kappa shape index (κ2) is 3.22. The predicted octanol–water partition coefficient (Wildman–Crippen LogP) is 2.34. The topological polar surface area (TPSA) is 65.6 Å². The summed E-state index contributed by atoms with van der Waals surface area (Å²) < 4.78 is 0. The normalized spacial score (nSPS) is 15.3. The molecule has 2 rings (SSSR count). The van der Waals surface area contributed by atoms with Crippen molar-refractivity contribution in [3.63, 3.8) is 0 Å². The molecule has 1 aliphatic rings. The number of nitrogens with one attached hydrogen (secondary N) is 1.